The number of morpholine rings is 1. The second kappa shape index (κ2) is 5.63. The van der Waals surface area contributed by atoms with Gasteiger partial charge in [0.25, 0.3) is 0 Å². The van der Waals surface area contributed by atoms with E-state index in [1.807, 2.05) is 6.20 Å². The summed E-state index contributed by atoms with van der Waals surface area (Å²) in [6.07, 6.45) is 8.33. The summed E-state index contributed by atoms with van der Waals surface area (Å²) < 4.78 is 9.11. The SMILES string of the molecule is C[C@@H]1CN(c2ncc3sc(N)nc3n2)C[C@H](c2cnn(C3CC3)c2)O1. The molecule has 0 bridgehead atoms. The molecule has 3 aromatic rings. The van der Waals surface area contributed by atoms with Crippen molar-refractivity contribution in [3.8, 4) is 0 Å². The molecule has 0 spiro atoms. The summed E-state index contributed by atoms with van der Waals surface area (Å²) in [4.78, 5) is 15.5. The van der Waals surface area contributed by atoms with Gasteiger partial charge in [-0.3, -0.25) is 4.68 Å². The van der Waals surface area contributed by atoms with Crippen LogP contribution >= 0.6 is 11.3 Å². The van der Waals surface area contributed by atoms with Crippen molar-refractivity contribution in [2.45, 2.75) is 38.0 Å². The Kier molecular flexibility index (Phi) is 3.39. The highest BCUT2D eigenvalue weighted by Crippen LogP contribution is 2.35. The number of rotatable bonds is 3. The average Bonchev–Trinajstić information content (AvgIpc) is 3.19. The molecule has 4 heterocycles. The Labute approximate surface area is 148 Å². The van der Waals surface area contributed by atoms with E-state index in [0.29, 0.717) is 29.3 Å². The van der Waals surface area contributed by atoms with E-state index in [0.717, 1.165) is 16.8 Å². The molecule has 1 saturated heterocycles. The van der Waals surface area contributed by atoms with Crippen LogP contribution in [-0.2, 0) is 4.74 Å². The van der Waals surface area contributed by atoms with E-state index in [4.69, 9.17) is 10.5 Å². The molecule has 3 aromatic heterocycles. The second-order valence-corrected chi connectivity index (χ2v) is 7.80. The third kappa shape index (κ3) is 2.83. The maximum atomic E-state index is 6.15. The van der Waals surface area contributed by atoms with Crippen molar-refractivity contribution in [1.82, 2.24) is 24.7 Å². The van der Waals surface area contributed by atoms with Crippen LogP contribution in [0.15, 0.2) is 18.6 Å². The lowest BCUT2D eigenvalue weighted by Gasteiger charge is -2.36. The van der Waals surface area contributed by atoms with Crippen molar-refractivity contribution < 1.29 is 4.74 Å². The standard InChI is InChI=1S/C16H19N7OS/c1-9-6-22(16-18-5-13-14(21-16)20-15(17)25-13)8-12(24-9)10-4-19-23(7-10)11-2-3-11/h4-5,7,9,11-12H,2-3,6,8H2,1H3,(H2,17,18,20,21)/t9-,12-/m1/s1. The number of hydrogen-bond donors (Lipinski definition) is 1. The molecule has 130 valence electrons. The first-order valence-corrected chi connectivity index (χ1v) is 9.31. The summed E-state index contributed by atoms with van der Waals surface area (Å²) in [6.45, 7) is 3.52. The minimum absolute atomic E-state index is 0.0314. The summed E-state index contributed by atoms with van der Waals surface area (Å²) in [5, 5.41) is 5.00. The Morgan fingerprint density at radius 3 is 2.96 bits per heavy atom. The minimum Gasteiger partial charge on any atom is -0.375 e. The number of nitrogens with zero attached hydrogens (tertiary/aromatic N) is 6. The third-order valence-corrected chi connectivity index (χ3v) is 5.42. The molecule has 0 radical (unpaired) electrons. The highest BCUT2D eigenvalue weighted by atomic mass is 32.1. The van der Waals surface area contributed by atoms with Crippen LogP contribution < -0.4 is 10.6 Å². The van der Waals surface area contributed by atoms with E-state index in [2.05, 4.69) is 42.8 Å². The van der Waals surface area contributed by atoms with Gasteiger partial charge in [-0.05, 0) is 19.8 Å². The number of hydrogen-bond acceptors (Lipinski definition) is 8. The predicted molar refractivity (Wildman–Crippen MR) is 95.6 cm³/mol. The molecule has 0 aromatic carbocycles. The number of fused-ring (bicyclic) bond motifs is 1. The van der Waals surface area contributed by atoms with Crippen molar-refractivity contribution in [3.63, 3.8) is 0 Å². The van der Waals surface area contributed by atoms with Gasteiger partial charge in [0, 0.05) is 18.3 Å². The topological polar surface area (TPSA) is 95.0 Å². The van der Waals surface area contributed by atoms with Crippen LogP contribution in [0.4, 0.5) is 11.1 Å². The third-order valence-electron chi connectivity index (χ3n) is 4.61. The van der Waals surface area contributed by atoms with Crippen LogP contribution in [0.25, 0.3) is 10.3 Å². The second-order valence-electron chi connectivity index (χ2n) is 6.74. The Balaban J connectivity index is 1.41. The lowest BCUT2D eigenvalue weighted by molar-refractivity contribution is -0.0178. The Morgan fingerprint density at radius 2 is 2.12 bits per heavy atom. The molecule has 2 fully saturated rings. The quantitative estimate of drug-likeness (QED) is 0.767. The number of aromatic nitrogens is 5. The Morgan fingerprint density at radius 1 is 1.24 bits per heavy atom. The van der Waals surface area contributed by atoms with Gasteiger partial charge in [0.05, 0.1) is 35.8 Å². The molecule has 2 atom stereocenters. The van der Waals surface area contributed by atoms with Crippen LogP contribution in [0, 0.1) is 0 Å². The zero-order chi connectivity index (χ0) is 17.0. The smallest absolute Gasteiger partial charge is 0.227 e. The van der Waals surface area contributed by atoms with Gasteiger partial charge in [-0.1, -0.05) is 11.3 Å². The molecule has 1 saturated carbocycles. The molecule has 8 nitrogen and oxygen atoms in total. The van der Waals surface area contributed by atoms with Crippen molar-refractivity contribution in [3.05, 3.63) is 24.2 Å². The van der Waals surface area contributed by atoms with Crippen LogP contribution in [0.5, 0.6) is 0 Å². The number of thiazole rings is 1. The molecular weight excluding hydrogens is 338 g/mol. The summed E-state index contributed by atoms with van der Waals surface area (Å²) >= 11 is 1.40. The maximum absolute atomic E-state index is 6.15. The summed E-state index contributed by atoms with van der Waals surface area (Å²) in [5.74, 6) is 0.674. The molecule has 0 unspecified atom stereocenters. The molecule has 5 rings (SSSR count). The molecule has 1 aliphatic heterocycles. The van der Waals surface area contributed by atoms with Crippen LogP contribution in [0.1, 0.15) is 37.5 Å². The van der Waals surface area contributed by atoms with E-state index in [1.54, 1.807) is 6.20 Å². The molecular formula is C16H19N7OS. The van der Waals surface area contributed by atoms with Gasteiger partial charge in [0.1, 0.15) is 6.10 Å². The fourth-order valence-corrected chi connectivity index (χ4v) is 3.90. The highest BCUT2D eigenvalue weighted by molar-refractivity contribution is 7.21. The van der Waals surface area contributed by atoms with Gasteiger partial charge in [-0.2, -0.15) is 10.1 Å². The van der Waals surface area contributed by atoms with Gasteiger partial charge in [0.2, 0.25) is 5.95 Å². The van der Waals surface area contributed by atoms with Crippen LogP contribution in [0.3, 0.4) is 0 Å². The van der Waals surface area contributed by atoms with Gasteiger partial charge in [-0.25, -0.2) is 9.97 Å². The van der Waals surface area contributed by atoms with E-state index < -0.39 is 0 Å². The van der Waals surface area contributed by atoms with Gasteiger partial charge in [0.15, 0.2) is 10.8 Å². The predicted octanol–water partition coefficient (Wildman–Crippen LogP) is 2.17. The Bertz CT molecular complexity index is 918. The number of nitrogens with two attached hydrogens (primary N) is 1. The maximum Gasteiger partial charge on any atom is 0.227 e. The fraction of sp³-hybridized carbons (Fsp3) is 0.500. The molecule has 9 heteroatoms. The molecule has 2 N–H and O–H groups in total. The molecule has 0 amide bonds. The van der Waals surface area contributed by atoms with Crippen molar-refractivity contribution in [2.24, 2.45) is 0 Å². The Hall–Kier alpha value is -2.26. The first-order valence-electron chi connectivity index (χ1n) is 8.49. The first kappa shape index (κ1) is 15.0. The lowest BCUT2D eigenvalue weighted by Crippen LogP contribution is -2.43. The molecule has 25 heavy (non-hydrogen) atoms. The molecule has 2 aliphatic rings. The monoisotopic (exact) mass is 357 g/mol. The minimum atomic E-state index is -0.0314. The van der Waals surface area contributed by atoms with Gasteiger partial charge >= 0.3 is 0 Å². The van der Waals surface area contributed by atoms with Gasteiger partial charge < -0.3 is 15.4 Å². The van der Waals surface area contributed by atoms with E-state index in [9.17, 15) is 0 Å². The molecule has 1 aliphatic carbocycles. The van der Waals surface area contributed by atoms with E-state index >= 15 is 0 Å². The van der Waals surface area contributed by atoms with Crippen LogP contribution in [-0.4, -0.2) is 43.9 Å². The zero-order valence-corrected chi connectivity index (χ0v) is 14.7. The number of nitrogen functional groups attached to an aromatic ring is 1. The van der Waals surface area contributed by atoms with E-state index in [1.165, 1.54) is 24.2 Å². The highest BCUT2D eigenvalue weighted by Gasteiger charge is 2.31. The average molecular weight is 357 g/mol. The zero-order valence-electron chi connectivity index (χ0n) is 13.9. The fourth-order valence-electron chi connectivity index (χ4n) is 3.25. The first-order chi connectivity index (χ1) is 12.2. The van der Waals surface area contributed by atoms with Crippen molar-refractivity contribution in [1.29, 1.82) is 0 Å². The van der Waals surface area contributed by atoms with Crippen molar-refractivity contribution >= 4 is 32.8 Å². The lowest BCUT2D eigenvalue weighted by atomic mass is 10.1. The van der Waals surface area contributed by atoms with Crippen LogP contribution in [0.2, 0.25) is 0 Å². The van der Waals surface area contributed by atoms with Gasteiger partial charge in [-0.15, -0.1) is 0 Å². The summed E-state index contributed by atoms with van der Waals surface area (Å²) in [6, 6.07) is 0.576. The van der Waals surface area contributed by atoms with Crippen molar-refractivity contribution in [2.75, 3.05) is 23.7 Å². The number of anilines is 2. The van der Waals surface area contributed by atoms with E-state index in [-0.39, 0.29) is 12.2 Å². The number of ether oxygens (including phenoxy) is 1. The summed E-state index contributed by atoms with van der Waals surface area (Å²) in [7, 11) is 0. The normalized spacial score (nSPS) is 24.1. The largest absolute Gasteiger partial charge is 0.375 e. The summed E-state index contributed by atoms with van der Waals surface area (Å²) in [5.41, 5.74) is 7.54.